The first kappa shape index (κ1) is 69.2. The Balaban J connectivity index is 4.19. The molecule has 0 aromatic carbocycles. The number of carbonyl (C=O) groups excluding carboxylic acids is 3. The number of unbranched alkanes of at least 4 members (excludes halogenated alkanes) is 47. The van der Waals surface area contributed by atoms with Crippen LogP contribution in [0.25, 0.3) is 0 Å². The molecular weight excluding hydrogens is 877 g/mol. The first-order valence-corrected chi connectivity index (χ1v) is 32.2. The average Bonchev–Trinajstić information content (AvgIpc) is 3.37. The molecule has 0 rings (SSSR count). The van der Waals surface area contributed by atoms with Gasteiger partial charge in [0.25, 0.3) is 0 Å². The van der Waals surface area contributed by atoms with E-state index in [2.05, 4.69) is 32.9 Å². The maximum absolute atomic E-state index is 12.9. The third kappa shape index (κ3) is 58.9. The fourth-order valence-corrected chi connectivity index (χ4v) is 9.91. The van der Waals surface area contributed by atoms with Gasteiger partial charge in [-0.25, -0.2) is 0 Å². The molecule has 0 saturated carbocycles. The van der Waals surface area contributed by atoms with Crippen LogP contribution in [0.1, 0.15) is 367 Å². The number of rotatable bonds is 60. The van der Waals surface area contributed by atoms with Crippen molar-refractivity contribution in [3.8, 4) is 0 Å². The zero-order chi connectivity index (χ0) is 51.4. The second-order valence-corrected chi connectivity index (χ2v) is 22.0. The minimum absolute atomic E-state index is 0.0655. The highest BCUT2D eigenvalue weighted by Crippen LogP contribution is 2.18. The van der Waals surface area contributed by atoms with Gasteiger partial charge >= 0.3 is 17.9 Å². The number of allylic oxidation sites excluding steroid dienone is 2. The fourth-order valence-electron chi connectivity index (χ4n) is 9.91. The van der Waals surface area contributed by atoms with E-state index >= 15 is 0 Å². The molecule has 0 aromatic heterocycles. The summed E-state index contributed by atoms with van der Waals surface area (Å²) < 4.78 is 16.9. The number of carbonyl (C=O) groups is 3. The molecule has 0 aromatic rings. The molecule has 0 heterocycles. The lowest BCUT2D eigenvalue weighted by Crippen LogP contribution is -2.30. The van der Waals surface area contributed by atoms with Gasteiger partial charge in [-0.1, -0.05) is 315 Å². The van der Waals surface area contributed by atoms with E-state index in [1.54, 1.807) is 0 Å². The molecule has 0 aliphatic carbocycles. The molecule has 0 fully saturated rings. The van der Waals surface area contributed by atoms with Crippen LogP contribution in [0.4, 0.5) is 0 Å². The summed E-state index contributed by atoms with van der Waals surface area (Å²) in [6, 6.07) is 0. The predicted molar refractivity (Wildman–Crippen MR) is 307 cm³/mol. The molecule has 71 heavy (non-hydrogen) atoms. The van der Waals surface area contributed by atoms with Gasteiger partial charge in [0.15, 0.2) is 6.10 Å². The molecule has 6 heteroatoms. The summed E-state index contributed by atoms with van der Waals surface area (Å²) in [5.41, 5.74) is 0. The highest BCUT2D eigenvalue weighted by atomic mass is 16.6. The summed E-state index contributed by atoms with van der Waals surface area (Å²) in [6.07, 6.45) is 70.8. The molecule has 0 bridgehead atoms. The topological polar surface area (TPSA) is 78.9 Å². The highest BCUT2D eigenvalue weighted by molar-refractivity contribution is 5.71. The molecule has 1 unspecified atom stereocenters. The van der Waals surface area contributed by atoms with Crippen LogP contribution in [-0.2, 0) is 28.6 Å². The minimum Gasteiger partial charge on any atom is -0.462 e. The Morgan fingerprint density at radius 1 is 0.268 bits per heavy atom. The van der Waals surface area contributed by atoms with Crippen molar-refractivity contribution in [1.82, 2.24) is 0 Å². The normalized spacial score (nSPS) is 12.0. The van der Waals surface area contributed by atoms with E-state index in [0.29, 0.717) is 19.3 Å². The molecule has 0 spiro atoms. The van der Waals surface area contributed by atoms with Crippen LogP contribution in [-0.4, -0.2) is 37.2 Å². The molecule has 0 radical (unpaired) electrons. The van der Waals surface area contributed by atoms with Crippen molar-refractivity contribution in [3.05, 3.63) is 12.2 Å². The van der Waals surface area contributed by atoms with E-state index in [4.69, 9.17) is 14.2 Å². The van der Waals surface area contributed by atoms with Crippen LogP contribution in [0, 0.1) is 0 Å². The van der Waals surface area contributed by atoms with Gasteiger partial charge in [-0.2, -0.15) is 0 Å². The Morgan fingerprint density at radius 3 is 0.704 bits per heavy atom. The molecule has 6 nitrogen and oxygen atoms in total. The molecule has 1 atom stereocenters. The lowest BCUT2D eigenvalue weighted by Gasteiger charge is -2.18. The fraction of sp³-hybridized carbons (Fsp3) is 0.923. The summed E-state index contributed by atoms with van der Waals surface area (Å²) in [5.74, 6) is -0.842. The van der Waals surface area contributed by atoms with E-state index in [9.17, 15) is 14.4 Å². The highest BCUT2D eigenvalue weighted by Gasteiger charge is 2.19. The van der Waals surface area contributed by atoms with Crippen molar-refractivity contribution in [1.29, 1.82) is 0 Å². The molecule has 0 N–H and O–H groups in total. The number of esters is 3. The smallest absolute Gasteiger partial charge is 0.306 e. The zero-order valence-electron chi connectivity index (χ0n) is 48.3. The van der Waals surface area contributed by atoms with Gasteiger partial charge in [0, 0.05) is 19.3 Å². The van der Waals surface area contributed by atoms with Gasteiger partial charge in [-0.3, -0.25) is 14.4 Å². The molecule has 0 saturated heterocycles. The zero-order valence-corrected chi connectivity index (χ0v) is 48.3. The van der Waals surface area contributed by atoms with Gasteiger partial charge in [0.1, 0.15) is 13.2 Å². The standard InChI is InChI=1S/C65H124O6/c1-4-7-10-13-16-19-22-24-26-28-30-31-32-33-34-35-37-38-40-43-46-49-52-55-58-64(67)70-61-62(60-69-63(66)57-54-51-48-45-42-21-18-15-12-9-6-3)71-65(68)59-56-53-50-47-44-41-39-36-29-27-25-23-20-17-14-11-8-5-2/h27,29,62H,4-26,28,30-61H2,1-3H3/b29-27-. The van der Waals surface area contributed by atoms with Crippen molar-refractivity contribution >= 4 is 17.9 Å². The van der Waals surface area contributed by atoms with E-state index in [-0.39, 0.29) is 31.1 Å². The summed E-state index contributed by atoms with van der Waals surface area (Å²) >= 11 is 0. The van der Waals surface area contributed by atoms with Crippen molar-refractivity contribution in [2.45, 2.75) is 374 Å². The summed E-state index contributed by atoms with van der Waals surface area (Å²) in [5, 5.41) is 0. The Labute approximate surface area is 443 Å². The lowest BCUT2D eigenvalue weighted by molar-refractivity contribution is -0.167. The predicted octanol–water partition coefficient (Wildman–Crippen LogP) is 21.7. The largest absolute Gasteiger partial charge is 0.462 e. The number of hydrogen-bond donors (Lipinski definition) is 0. The van der Waals surface area contributed by atoms with Crippen molar-refractivity contribution in [3.63, 3.8) is 0 Å². The van der Waals surface area contributed by atoms with Crippen LogP contribution in [0.2, 0.25) is 0 Å². The van der Waals surface area contributed by atoms with Crippen molar-refractivity contribution in [2.75, 3.05) is 13.2 Å². The summed E-state index contributed by atoms with van der Waals surface area (Å²) in [6.45, 7) is 6.70. The Bertz CT molecular complexity index is 1100. The maximum atomic E-state index is 12.9. The van der Waals surface area contributed by atoms with Crippen molar-refractivity contribution in [2.24, 2.45) is 0 Å². The van der Waals surface area contributed by atoms with E-state index < -0.39 is 6.10 Å². The summed E-state index contributed by atoms with van der Waals surface area (Å²) in [7, 11) is 0. The maximum Gasteiger partial charge on any atom is 0.306 e. The quantitative estimate of drug-likeness (QED) is 0.0261. The molecule has 420 valence electrons. The van der Waals surface area contributed by atoms with Crippen LogP contribution in [0.15, 0.2) is 12.2 Å². The van der Waals surface area contributed by atoms with E-state index in [1.165, 1.54) is 270 Å². The average molecular weight is 1000 g/mol. The van der Waals surface area contributed by atoms with Crippen molar-refractivity contribution < 1.29 is 28.6 Å². The van der Waals surface area contributed by atoms with E-state index in [0.717, 1.165) is 57.8 Å². The van der Waals surface area contributed by atoms with Gasteiger partial charge in [0.05, 0.1) is 0 Å². The third-order valence-corrected chi connectivity index (χ3v) is 14.8. The van der Waals surface area contributed by atoms with Gasteiger partial charge < -0.3 is 14.2 Å². The Morgan fingerprint density at radius 2 is 0.465 bits per heavy atom. The van der Waals surface area contributed by atoms with Crippen LogP contribution >= 0.6 is 0 Å². The Hall–Kier alpha value is -1.85. The van der Waals surface area contributed by atoms with Gasteiger partial charge in [-0.05, 0) is 44.9 Å². The SMILES string of the molecule is CCCCCCCCC/C=C\CCCCCCCCCC(=O)OC(COC(=O)CCCCCCCCCCCCC)COC(=O)CCCCCCCCCCCCCCCCCCCCCCCCCC. The first-order chi connectivity index (χ1) is 35.0. The molecule has 0 amide bonds. The van der Waals surface area contributed by atoms with Gasteiger partial charge in [0.2, 0.25) is 0 Å². The van der Waals surface area contributed by atoms with E-state index in [1.807, 2.05) is 0 Å². The second kappa shape index (κ2) is 60.7. The molecule has 0 aliphatic heterocycles. The van der Waals surface area contributed by atoms with Crippen LogP contribution in [0.5, 0.6) is 0 Å². The van der Waals surface area contributed by atoms with Gasteiger partial charge in [-0.15, -0.1) is 0 Å². The van der Waals surface area contributed by atoms with Crippen LogP contribution < -0.4 is 0 Å². The summed E-state index contributed by atoms with van der Waals surface area (Å²) in [4.78, 5) is 38.2. The first-order valence-electron chi connectivity index (χ1n) is 32.2. The number of ether oxygens (including phenoxy) is 3. The lowest BCUT2D eigenvalue weighted by atomic mass is 10.0. The molecule has 0 aliphatic rings. The third-order valence-electron chi connectivity index (χ3n) is 14.8. The molecular formula is C65H124O6. The monoisotopic (exact) mass is 1000 g/mol. The Kier molecular flexibility index (Phi) is 59.1. The van der Waals surface area contributed by atoms with Crippen LogP contribution in [0.3, 0.4) is 0 Å². The number of hydrogen-bond acceptors (Lipinski definition) is 6. The second-order valence-electron chi connectivity index (χ2n) is 22.0. The minimum atomic E-state index is -0.767.